The molecule has 0 unspecified atom stereocenters. The van der Waals surface area contributed by atoms with Crippen molar-refractivity contribution in [3.05, 3.63) is 23.2 Å². The van der Waals surface area contributed by atoms with Crippen LogP contribution >= 0.6 is 11.6 Å². The van der Waals surface area contributed by atoms with Crippen LogP contribution in [0.15, 0.2) is 18.2 Å². The van der Waals surface area contributed by atoms with Crippen LogP contribution in [0.4, 0.5) is 11.4 Å². The molecule has 3 N–H and O–H groups in total. The third kappa shape index (κ3) is 4.40. The second-order valence-electron chi connectivity index (χ2n) is 4.93. The first-order valence-corrected chi connectivity index (χ1v) is 7.10. The number of nitrogens with zero attached hydrogens (tertiary/aromatic N) is 1. The van der Waals surface area contributed by atoms with Crippen molar-refractivity contribution in [1.29, 1.82) is 0 Å². The third-order valence-corrected chi connectivity index (χ3v) is 3.63. The molecule has 0 aromatic heterocycles. The zero-order valence-electron chi connectivity index (χ0n) is 11.0. The maximum absolute atomic E-state index is 11.9. The molecule has 0 atom stereocenters. The summed E-state index contributed by atoms with van der Waals surface area (Å²) in [6.07, 6.45) is 4.30. The first-order valence-electron chi connectivity index (χ1n) is 6.72. The normalized spacial score (nSPS) is 16.3. The molecule has 1 aliphatic rings. The summed E-state index contributed by atoms with van der Waals surface area (Å²) in [6, 6.07) is 5.09. The topological polar surface area (TPSA) is 58.4 Å². The van der Waals surface area contributed by atoms with Crippen LogP contribution in [0.2, 0.25) is 5.02 Å². The quantitative estimate of drug-likeness (QED) is 0.835. The van der Waals surface area contributed by atoms with Crippen LogP contribution in [0, 0.1) is 0 Å². The summed E-state index contributed by atoms with van der Waals surface area (Å²) >= 11 is 5.82. The van der Waals surface area contributed by atoms with Gasteiger partial charge in [0.2, 0.25) is 5.91 Å². The number of nitrogens with two attached hydrogens (primary N) is 1. The molecule has 1 heterocycles. The number of rotatable bonds is 4. The highest BCUT2D eigenvalue weighted by molar-refractivity contribution is 6.31. The van der Waals surface area contributed by atoms with E-state index in [2.05, 4.69) is 10.2 Å². The van der Waals surface area contributed by atoms with E-state index >= 15 is 0 Å². The van der Waals surface area contributed by atoms with Crippen molar-refractivity contribution >= 4 is 28.9 Å². The third-order valence-electron chi connectivity index (χ3n) is 3.39. The summed E-state index contributed by atoms with van der Waals surface area (Å²) in [4.78, 5) is 14.2. The molecule has 1 amide bonds. The Kier molecular flexibility index (Phi) is 5.05. The SMILES string of the molecule is Nc1cc(Cl)ccc1NC(=O)CCN1CCCCC1. The van der Waals surface area contributed by atoms with E-state index in [0.717, 1.165) is 19.6 Å². The number of hydrogen-bond acceptors (Lipinski definition) is 3. The smallest absolute Gasteiger partial charge is 0.225 e. The van der Waals surface area contributed by atoms with Gasteiger partial charge in [0.05, 0.1) is 11.4 Å². The molecule has 1 aromatic carbocycles. The van der Waals surface area contributed by atoms with Gasteiger partial charge >= 0.3 is 0 Å². The molecule has 0 aliphatic carbocycles. The minimum atomic E-state index is -0.000374. The van der Waals surface area contributed by atoms with Gasteiger partial charge in [-0.2, -0.15) is 0 Å². The second kappa shape index (κ2) is 6.78. The molecule has 19 heavy (non-hydrogen) atoms. The molecule has 4 nitrogen and oxygen atoms in total. The number of carbonyl (C=O) groups excluding carboxylic acids is 1. The molecule has 1 saturated heterocycles. The summed E-state index contributed by atoms with van der Waals surface area (Å²) < 4.78 is 0. The van der Waals surface area contributed by atoms with Crippen LogP contribution in [0.5, 0.6) is 0 Å². The molecule has 0 spiro atoms. The predicted molar refractivity (Wildman–Crippen MR) is 79.4 cm³/mol. The van der Waals surface area contributed by atoms with E-state index in [9.17, 15) is 4.79 Å². The molecule has 0 saturated carbocycles. The summed E-state index contributed by atoms with van der Waals surface area (Å²) in [5, 5.41) is 3.40. The van der Waals surface area contributed by atoms with Crippen LogP contribution in [-0.4, -0.2) is 30.4 Å². The van der Waals surface area contributed by atoms with Gasteiger partial charge in [-0.25, -0.2) is 0 Å². The zero-order chi connectivity index (χ0) is 13.7. The van der Waals surface area contributed by atoms with Crippen molar-refractivity contribution in [1.82, 2.24) is 4.90 Å². The van der Waals surface area contributed by atoms with E-state index in [-0.39, 0.29) is 5.91 Å². The number of halogens is 1. The minimum absolute atomic E-state index is 0.000374. The van der Waals surface area contributed by atoms with Gasteiger partial charge in [0.25, 0.3) is 0 Å². The number of likely N-dealkylation sites (tertiary alicyclic amines) is 1. The van der Waals surface area contributed by atoms with E-state index in [1.807, 2.05) is 0 Å². The maximum atomic E-state index is 11.9. The largest absolute Gasteiger partial charge is 0.397 e. The fourth-order valence-electron chi connectivity index (χ4n) is 2.30. The summed E-state index contributed by atoms with van der Waals surface area (Å²) in [6.45, 7) is 3.03. The molecular weight excluding hydrogens is 262 g/mol. The molecule has 1 aliphatic heterocycles. The van der Waals surface area contributed by atoms with Crippen LogP contribution < -0.4 is 11.1 Å². The van der Waals surface area contributed by atoms with Gasteiger partial charge in [-0.15, -0.1) is 0 Å². The van der Waals surface area contributed by atoms with Gasteiger partial charge in [-0.3, -0.25) is 4.79 Å². The molecule has 1 aromatic rings. The van der Waals surface area contributed by atoms with E-state index in [1.165, 1.54) is 19.3 Å². The van der Waals surface area contributed by atoms with Gasteiger partial charge in [0.1, 0.15) is 0 Å². The number of nitrogens with one attached hydrogen (secondary N) is 1. The van der Waals surface area contributed by atoms with Gasteiger partial charge in [-0.1, -0.05) is 18.0 Å². The van der Waals surface area contributed by atoms with Crippen molar-refractivity contribution < 1.29 is 4.79 Å². The summed E-state index contributed by atoms with van der Waals surface area (Å²) in [5.41, 5.74) is 6.93. The first-order chi connectivity index (χ1) is 9.15. The number of hydrogen-bond donors (Lipinski definition) is 2. The molecule has 2 rings (SSSR count). The highest BCUT2D eigenvalue weighted by atomic mass is 35.5. The molecule has 5 heteroatoms. The lowest BCUT2D eigenvalue weighted by molar-refractivity contribution is -0.116. The van der Waals surface area contributed by atoms with Crippen LogP contribution in [-0.2, 0) is 4.79 Å². The van der Waals surface area contributed by atoms with Crippen LogP contribution in [0.1, 0.15) is 25.7 Å². The first kappa shape index (κ1) is 14.2. The number of amides is 1. The monoisotopic (exact) mass is 281 g/mol. The maximum Gasteiger partial charge on any atom is 0.225 e. The Balaban J connectivity index is 1.80. The predicted octanol–water partition coefficient (Wildman–Crippen LogP) is 2.74. The molecule has 0 radical (unpaired) electrons. The fraction of sp³-hybridized carbons (Fsp3) is 0.500. The molecule has 1 fully saturated rings. The fourth-order valence-corrected chi connectivity index (χ4v) is 2.48. The number of benzene rings is 1. The van der Waals surface area contributed by atoms with Gasteiger partial charge in [0.15, 0.2) is 0 Å². The van der Waals surface area contributed by atoms with Crippen molar-refractivity contribution in [2.45, 2.75) is 25.7 Å². The number of carbonyl (C=O) groups is 1. The Morgan fingerprint density at radius 2 is 2.05 bits per heavy atom. The molecule has 104 valence electrons. The number of piperidine rings is 1. The summed E-state index contributed by atoms with van der Waals surface area (Å²) in [5.74, 6) is -0.000374. The lowest BCUT2D eigenvalue weighted by atomic mass is 10.1. The van der Waals surface area contributed by atoms with Crippen molar-refractivity contribution in [3.63, 3.8) is 0 Å². The lowest BCUT2D eigenvalue weighted by Crippen LogP contribution is -2.32. The van der Waals surface area contributed by atoms with Crippen molar-refractivity contribution in [3.8, 4) is 0 Å². The van der Waals surface area contributed by atoms with E-state index in [1.54, 1.807) is 18.2 Å². The lowest BCUT2D eigenvalue weighted by Gasteiger charge is -2.26. The van der Waals surface area contributed by atoms with Gasteiger partial charge in [0, 0.05) is 18.0 Å². The second-order valence-corrected chi connectivity index (χ2v) is 5.37. The number of nitrogen functional groups attached to an aromatic ring is 1. The standard InChI is InChI=1S/C14H20ClN3O/c15-11-4-5-13(12(16)10-11)17-14(19)6-9-18-7-2-1-3-8-18/h4-5,10H,1-3,6-9,16H2,(H,17,19). The van der Waals surface area contributed by atoms with Crippen LogP contribution in [0.3, 0.4) is 0 Å². The van der Waals surface area contributed by atoms with E-state index in [0.29, 0.717) is 22.8 Å². The summed E-state index contributed by atoms with van der Waals surface area (Å²) in [7, 11) is 0. The van der Waals surface area contributed by atoms with Crippen LogP contribution in [0.25, 0.3) is 0 Å². The average molecular weight is 282 g/mol. The Morgan fingerprint density at radius 1 is 1.32 bits per heavy atom. The Bertz CT molecular complexity index is 444. The number of anilines is 2. The van der Waals surface area contributed by atoms with E-state index in [4.69, 9.17) is 17.3 Å². The minimum Gasteiger partial charge on any atom is -0.397 e. The van der Waals surface area contributed by atoms with Gasteiger partial charge in [-0.05, 0) is 44.1 Å². The van der Waals surface area contributed by atoms with E-state index < -0.39 is 0 Å². The van der Waals surface area contributed by atoms with Gasteiger partial charge < -0.3 is 16.0 Å². The Morgan fingerprint density at radius 3 is 2.74 bits per heavy atom. The Labute approximate surface area is 118 Å². The van der Waals surface area contributed by atoms with Crippen molar-refractivity contribution in [2.75, 3.05) is 30.7 Å². The highest BCUT2D eigenvalue weighted by Crippen LogP contribution is 2.22. The molecule has 0 bridgehead atoms. The van der Waals surface area contributed by atoms with Crippen molar-refractivity contribution in [2.24, 2.45) is 0 Å². The molecular formula is C14H20ClN3O. The highest BCUT2D eigenvalue weighted by Gasteiger charge is 2.12. The Hall–Kier alpha value is -1.26. The zero-order valence-corrected chi connectivity index (χ0v) is 11.7. The average Bonchev–Trinajstić information content (AvgIpc) is 2.41.